The van der Waals surface area contributed by atoms with E-state index in [2.05, 4.69) is 43.5 Å². The Bertz CT molecular complexity index is 1790. The molecule has 1 saturated carbocycles. The van der Waals surface area contributed by atoms with Crippen LogP contribution in [0.3, 0.4) is 0 Å². The third kappa shape index (κ3) is 7.80. The van der Waals surface area contributed by atoms with Gasteiger partial charge >= 0.3 is 6.03 Å². The molecular weight excluding hydrogens is 701 g/mol. The number of aryl methyl sites for hydroxylation is 1. The molecule has 2 aliphatic carbocycles. The second-order valence-corrected chi connectivity index (χ2v) is 13.7. The highest BCUT2D eigenvalue weighted by Crippen LogP contribution is 2.39. The average molecular weight is 752 g/mol. The highest BCUT2D eigenvalue weighted by molar-refractivity contribution is 14.0. The van der Waals surface area contributed by atoms with Crippen LogP contribution in [-0.4, -0.2) is 26.2 Å². The van der Waals surface area contributed by atoms with Crippen LogP contribution in [0.2, 0.25) is 0 Å². The van der Waals surface area contributed by atoms with E-state index in [0.717, 1.165) is 53.8 Å². The molecule has 2 atom stereocenters. The topological polar surface area (TPSA) is 121 Å². The van der Waals surface area contributed by atoms with E-state index in [0.29, 0.717) is 35.7 Å². The Kier molecular flexibility index (Phi) is 10.6. The molecule has 4 N–H and O–H groups in total. The van der Waals surface area contributed by atoms with Crippen molar-refractivity contribution in [1.82, 2.24) is 19.7 Å². The molecule has 2 heterocycles. The number of nitrogens with zero attached hydrogens (tertiary/aromatic N) is 3. The van der Waals surface area contributed by atoms with Gasteiger partial charge in [-0.1, -0.05) is 82.0 Å². The van der Waals surface area contributed by atoms with Gasteiger partial charge in [0.1, 0.15) is 29.0 Å². The summed E-state index contributed by atoms with van der Waals surface area (Å²) < 4.78 is 9.99. The van der Waals surface area contributed by atoms with Crippen molar-refractivity contribution in [2.24, 2.45) is 5.92 Å². The fraction of sp³-hybridized carbons (Fsp3) is 0.405. The molecule has 47 heavy (non-hydrogen) atoms. The van der Waals surface area contributed by atoms with Crippen molar-refractivity contribution >= 4 is 41.7 Å². The highest BCUT2D eigenvalue weighted by Gasteiger charge is 2.30. The lowest BCUT2D eigenvalue weighted by molar-refractivity contribution is 0.171. The van der Waals surface area contributed by atoms with Crippen LogP contribution >= 0.6 is 24.0 Å². The normalized spacial score (nSPS) is 18.0. The molecule has 0 bridgehead atoms. The molecule has 0 saturated heterocycles. The van der Waals surface area contributed by atoms with Gasteiger partial charge in [0, 0.05) is 20.3 Å². The Morgan fingerprint density at radius 3 is 2.36 bits per heavy atom. The maximum atomic E-state index is 13.5. The van der Waals surface area contributed by atoms with Gasteiger partial charge in [-0.3, -0.25) is 20.7 Å². The van der Waals surface area contributed by atoms with Gasteiger partial charge in [0.25, 0.3) is 0 Å². The maximum absolute atomic E-state index is 13.5. The molecule has 0 aliphatic heterocycles. The van der Waals surface area contributed by atoms with E-state index >= 15 is 0 Å². The SMILES string of the molecule is Cc1ccc(-n2nc(C(C)(C)C)cc2NC(=O)N[C@H]2CC[C@@H](Oc3ccc(=N)n(C(=N)C4CCCCC4)c3)c3ccccc32)cc1.I.[HH].[HH]. The van der Waals surface area contributed by atoms with Crippen molar-refractivity contribution in [2.75, 3.05) is 5.32 Å². The van der Waals surface area contributed by atoms with Gasteiger partial charge in [0.2, 0.25) is 0 Å². The van der Waals surface area contributed by atoms with E-state index in [9.17, 15) is 4.79 Å². The molecule has 2 aromatic carbocycles. The average Bonchev–Trinajstić information content (AvgIpc) is 3.48. The van der Waals surface area contributed by atoms with E-state index < -0.39 is 0 Å². The Morgan fingerprint density at radius 2 is 1.66 bits per heavy atom. The summed E-state index contributed by atoms with van der Waals surface area (Å²) in [4.78, 5) is 13.5. The minimum atomic E-state index is -0.291. The number of hydrogen-bond donors (Lipinski definition) is 4. The quantitative estimate of drug-likeness (QED) is 0.0894. The number of amides is 2. The standard InChI is InChI=1S/C37H45N7O2.HI.2H2/c1-24-14-16-26(17-15-24)44-34(22-32(42-44)37(2,3)4)41-36(45)40-30-19-20-31(29-13-9-8-12-28(29)30)46-27-18-21-33(38)43(23-27)35(39)25-10-6-5-7-11-25;;;/h8-9,12-18,21-23,25,30-31,38-39H,5-7,10-11,19-20H2,1-4H3,(H2,40,41,45);3*1H/t30-,31+;;;/m0.../s1. The number of aromatic nitrogens is 3. The second kappa shape index (κ2) is 14.5. The van der Waals surface area contributed by atoms with E-state index in [1.165, 1.54) is 6.42 Å². The number of carbonyl (C=O) groups is 1. The summed E-state index contributed by atoms with van der Waals surface area (Å²) in [5.74, 6) is 1.91. The number of carbonyl (C=O) groups excluding carboxylic acids is 1. The van der Waals surface area contributed by atoms with E-state index in [1.807, 2.05) is 55.5 Å². The smallest absolute Gasteiger partial charge is 0.320 e. The van der Waals surface area contributed by atoms with Crippen LogP contribution in [0, 0.1) is 23.7 Å². The van der Waals surface area contributed by atoms with Gasteiger partial charge in [-0.25, -0.2) is 9.48 Å². The molecule has 1 fully saturated rings. The molecular formula is C37H50IN7O2. The number of nitrogens with one attached hydrogen (secondary N) is 4. The van der Waals surface area contributed by atoms with Gasteiger partial charge in [-0.15, -0.1) is 24.0 Å². The van der Waals surface area contributed by atoms with Crippen LogP contribution in [0.5, 0.6) is 5.75 Å². The minimum absolute atomic E-state index is 0. The molecule has 0 spiro atoms. The van der Waals surface area contributed by atoms with Gasteiger partial charge in [0.05, 0.1) is 23.6 Å². The number of anilines is 1. The highest BCUT2D eigenvalue weighted by atomic mass is 127. The van der Waals surface area contributed by atoms with Crippen LogP contribution in [0.4, 0.5) is 10.6 Å². The molecule has 4 aromatic rings. The van der Waals surface area contributed by atoms with Crippen molar-refractivity contribution in [2.45, 2.75) is 90.2 Å². The summed E-state index contributed by atoms with van der Waals surface area (Å²) in [5.41, 5.74) is 5.09. The fourth-order valence-corrected chi connectivity index (χ4v) is 6.54. The Labute approximate surface area is 297 Å². The molecule has 6 rings (SSSR count). The predicted molar refractivity (Wildman–Crippen MR) is 201 cm³/mol. The van der Waals surface area contributed by atoms with Gasteiger partial charge in [-0.05, 0) is 68.0 Å². The first-order valence-electron chi connectivity index (χ1n) is 16.4. The third-order valence-corrected chi connectivity index (χ3v) is 9.19. The lowest BCUT2D eigenvalue weighted by Crippen LogP contribution is -2.36. The van der Waals surface area contributed by atoms with Gasteiger partial charge in [-0.2, -0.15) is 5.10 Å². The molecule has 0 radical (unpaired) electrons. The number of halogens is 1. The van der Waals surface area contributed by atoms with Gasteiger partial charge < -0.3 is 10.1 Å². The Morgan fingerprint density at radius 1 is 0.957 bits per heavy atom. The number of pyridine rings is 1. The van der Waals surface area contributed by atoms with Crippen LogP contribution in [-0.2, 0) is 5.41 Å². The van der Waals surface area contributed by atoms with Crippen LogP contribution < -0.4 is 20.9 Å². The molecule has 2 aromatic heterocycles. The summed E-state index contributed by atoms with van der Waals surface area (Å²) in [6, 6.07) is 21.2. The number of ether oxygens (including phenoxy) is 1. The molecule has 2 aliphatic rings. The van der Waals surface area contributed by atoms with Crippen LogP contribution in [0.1, 0.15) is 103 Å². The van der Waals surface area contributed by atoms with Crippen molar-refractivity contribution in [3.05, 3.63) is 101 Å². The van der Waals surface area contributed by atoms with E-state index in [1.54, 1.807) is 21.5 Å². The van der Waals surface area contributed by atoms with Crippen molar-refractivity contribution in [1.29, 1.82) is 10.8 Å². The monoisotopic (exact) mass is 751 g/mol. The molecule has 2 amide bonds. The first kappa shape index (κ1) is 34.4. The molecule has 9 nitrogen and oxygen atoms in total. The number of hydrogen-bond acceptors (Lipinski definition) is 5. The molecule has 252 valence electrons. The number of fused-ring (bicyclic) bond motifs is 1. The first-order chi connectivity index (χ1) is 22.1. The number of benzene rings is 2. The fourth-order valence-electron chi connectivity index (χ4n) is 6.54. The van der Waals surface area contributed by atoms with E-state index in [-0.39, 0.29) is 56.3 Å². The lowest BCUT2D eigenvalue weighted by atomic mass is 9.85. The zero-order valence-electron chi connectivity index (χ0n) is 27.7. The first-order valence-corrected chi connectivity index (χ1v) is 16.4. The largest absolute Gasteiger partial charge is 0.484 e. The van der Waals surface area contributed by atoms with Crippen LogP contribution in [0.25, 0.3) is 5.69 Å². The maximum Gasteiger partial charge on any atom is 0.320 e. The number of rotatable bonds is 6. The van der Waals surface area contributed by atoms with Crippen LogP contribution in [0.15, 0.2) is 72.9 Å². The van der Waals surface area contributed by atoms with Crippen molar-refractivity contribution in [3.8, 4) is 11.4 Å². The Hall–Kier alpha value is -3.93. The minimum Gasteiger partial charge on any atom is -0.484 e. The summed E-state index contributed by atoms with van der Waals surface area (Å²) in [6.07, 6.45) is 8.50. The summed E-state index contributed by atoms with van der Waals surface area (Å²) in [5, 5.41) is 28.4. The molecule has 10 heteroatoms. The van der Waals surface area contributed by atoms with E-state index in [4.69, 9.17) is 20.7 Å². The zero-order valence-corrected chi connectivity index (χ0v) is 30.0. The lowest BCUT2D eigenvalue weighted by Gasteiger charge is -2.32. The van der Waals surface area contributed by atoms with Crippen molar-refractivity contribution < 1.29 is 12.4 Å². The Balaban J connectivity index is 0.00000217. The zero-order chi connectivity index (χ0) is 32.4. The third-order valence-electron chi connectivity index (χ3n) is 9.19. The molecule has 0 unspecified atom stereocenters. The van der Waals surface area contributed by atoms with Gasteiger partial charge in [0.15, 0.2) is 0 Å². The van der Waals surface area contributed by atoms with Crippen molar-refractivity contribution in [3.63, 3.8) is 0 Å². The summed E-state index contributed by atoms with van der Waals surface area (Å²) >= 11 is 0. The summed E-state index contributed by atoms with van der Waals surface area (Å²) in [6.45, 7) is 8.37. The number of urea groups is 1. The predicted octanol–water partition coefficient (Wildman–Crippen LogP) is 9.05. The summed E-state index contributed by atoms with van der Waals surface area (Å²) in [7, 11) is 0. The second-order valence-electron chi connectivity index (χ2n) is 13.7.